The van der Waals surface area contributed by atoms with Gasteiger partial charge in [-0.05, 0) is 18.8 Å². The van der Waals surface area contributed by atoms with E-state index in [2.05, 4.69) is 6.92 Å². The second-order valence-corrected chi connectivity index (χ2v) is 4.92. The van der Waals surface area contributed by atoms with Gasteiger partial charge in [0.15, 0.2) is 5.79 Å². The summed E-state index contributed by atoms with van der Waals surface area (Å²) < 4.78 is 11.5. The Labute approximate surface area is 92.3 Å². The first kappa shape index (κ1) is 11.4. The Hall–Kier alpha value is -0.120. The molecule has 1 heterocycles. The van der Waals surface area contributed by atoms with Gasteiger partial charge in [-0.3, -0.25) is 0 Å². The molecule has 2 atom stereocenters. The van der Waals surface area contributed by atoms with Crippen LogP contribution in [0.4, 0.5) is 0 Å². The molecule has 0 unspecified atom stereocenters. The predicted octanol–water partition coefficient (Wildman–Crippen LogP) is 2.05. The fraction of sp³-hybridized carbons (Fsp3) is 1.00. The van der Waals surface area contributed by atoms with Crippen molar-refractivity contribution in [3.05, 3.63) is 0 Å². The van der Waals surface area contributed by atoms with Crippen molar-refractivity contribution in [2.45, 2.75) is 57.3 Å². The number of unbranched alkanes of at least 4 members (excludes halogenated alkanes) is 1. The zero-order valence-electron chi connectivity index (χ0n) is 9.71. The van der Waals surface area contributed by atoms with Crippen molar-refractivity contribution in [3.63, 3.8) is 0 Å². The molecule has 1 saturated carbocycles. The SMILES string of the molecule is CCCC[C@@H]1CC2(CC[C@@H]1N)OCCO2. The Balaban J connectivity index is 1.91. The summed E-state index contributed by atoms with van der Waals surface area (Å²) in [5.74, 6) is 0.339. The molecule has 0 radical (unpaired) electrons. The number of ether oxygens (including phenoxy) is 2. The summed E-state index contributed by atoms with van der Waals surface area (Å²) in [7, 11) is 0. The van der Waals surface area contributed by atoms with E-state index < -0.39 is 0 Å². The van der Waals surface area contributed by atoms with Gasteiger partial charge < -0.3 is 15.2 Å². The topological polar surface area (TPSA) is 44.5 Å². The van der Waals surface area contributed by atoms with Crippen LogP contribution in [0, 0.1) is 5.92 Å². The van der Waals surface area contributed by atoms with Gasteiger partial charge in [0.05, 0.1) is 13.2 Å². The molecular weight excluding hydrogens is 190 g/mol. The summed E-state index contributed by atoms with van der Waals surface area (Å²) in [6.45, 7) is 3.75. The highest BCUT2D eigenvalue weighted by atomic mass is 16.7. The molecule has 1 spiro atoms. The second-order valence-electron chi connectivity index (χ2n) is 4.92. The van der Waals surface area contributed by atoms with E-state index in [0.29, 0.717) is 12.0 Å². The first-order valence-corrected chi connectivity index (χ1v) is 6.29. The highest BCUT2D eigenvalue weighted by Crippen LogP contribution is 2.39. The van der Waals surface area contributed by atoms with Crippen LogP contribution in [0.25, 0.3) is 0 Å². The molecule has 3 heteroatoms. The molecule has 15 heavy (non-hydrogen) atoms. The van der Waals surface area contributed by atoms with Crippen molar-refractivity contribution in [1.29, 1.82) is 0 Å². The largest absolute Gasteiger partial charge is 0.348 e. The van der Waals surface area contributed by atoms with E-state index in [9.17, 15) is 0 Å². The van der Waals surface area contributed by atoms with Crippen LogP contribution in [-0.2, 0) is 9.47 Å². The third-order valence-corrected chi connectivity index (χ3v) is 3.78. The lowest BCUT2D eigenvalue weighted by molar-refractivity contribution is -0.189. The van der Waals surface area contributed by atoms with Gasteiger partial charge in [-0.15, -0.1) is 0 Å². The van der Waals surface area contributed by atoms with Crippen LogP contribution in [0.2, 0.25) is 0 Å². The molecule has 2 fully saturated rings. The summed E-state index contributed by atoms with van der Waals surface area (Å²) in [4.78, 5) is 0. The quantitative estimate of drug-likeness (QED) is 0.780. The van der Waals surface area contributed by atoms with Gasteiger partial charge >= 0.3 is 0 Å². The molecule has 1 aliphatic heterocycles. The van der Waals surface area contributed by atoms with Crippen LogP contribution in [0.3, 0.4) is 0 Å². The molecule has 1 saturated heterocycles. The Morgan fingerprint density at radius 3 is 2.73 bits per heavy atom. The van der Waals surface area contributed by atoms with Crippen molar-refractivity contribution < 1.29 is 9.47 Å². The van der Waals surface area contributed by atoms with Crippen molar-refractivity contribution in [1.82, 2.24) is 0 Å². The van der Waals surface area contributed by atoms with Crippen LogP contribution in [0.1, 0.15) is 45.4 Å². The maximum Gasteiger partial charge on any atom is 0.168 e. The number of hydrogen-bond donors (Lipinski definition) is 1. The van der Waals surface area contributed by atoms with E-state index in [0.717, 1.165) is 32.5 Å². The van der Waals surface area contributed by atoms with Gasteiger partial charge in [-0.1, -0.05) is 19.8 Å². The monoisotopic (exact) mass is 213 g/mol. The molecule has 2 N–H and O–H groups in total. The third kappa shape index (κ3) is 2.52. The smallest absolute Gasteiger partial charge is 0.168 e. The lowest BCUT2D eigenvalue weighted by Crippen LogP contribution is -2.45. The van der Waals surface area contributed by atoms with E-state index >= 15 is 0 Å². The fourth-order valence-electron chi connectivity index (χ4n) is 2.82. The lowest BCUT2D eigenvalue weighted by atomic mass is 9.78. The Bertz CT molecular complexity index is 202. The summed E-state index contributed by atoms with van der Waals surface area (Å²) in [5, 5.41) is 0. The van der Waals surface area contributed by atoms with Gasteiger partial charge in [-0.2, -0.15) is 0 Å². The number of hydrogen-bond acceptors (Lipinski definition) is 3. The summed E-state index contributed by atoms with van der Waals surface area (Å²) in [6, 6.07) is 0.356. The molecule has 0 aromatic heterocycles. The fourth-order valence-corrected chi connectivity index (χ4v) is 2.82. The average Bonchev–Trinajstić information content (AvgIpc) is 2.69. The van der Waals surface area contributed by atoms with E-state index in [4.69, 9.17) is 15.2 Å². The van der Waals surface area contributed by atoms with Crippen molar-refractivity contribution in [2.75, 3.05) is 13.2 Å². The predicted molar refractivity (Wildman–Crippen MR) is 59.5 cm³/mol. The van der Waals surface area contributed by atoms with Crippen molar-refractivity contribution in [2.24, 2.45) is 11.7 Å². The molecule has 1 aliphatic carbocycles. The van der Waals surface area contributed by atoms with E-state index in [-0.39, 0.29) is 5.79 Å². The van der Waals surface area contributed by atoms with E-state index in [1.54, 1.807) is 0 Å². The maximum atomic E-state index is 6.16. The van der Waals surface area contributed by atoms with Gasteiger partial charge in [0, 0.05) is 18.9 Å². The minimum atomic E-state index is -0.256. The van der Waals surface area contributed by atoms with Gasteiger partial charge in [0.25, 0.3) is 0 Å². The maximum absolute atomic E-state index is 6.16. The lowest BCUT2D eigenvalue weighted by Gasteiger charge is -2.39. The Kier molecular flexibility index (Phi) is 3.65. The first-order valence-electron chi connectivity index (χ1n) is 6.29. The van der Waals surface area contributed by atoms with Gasteiger partial charge in [0.2, 0.25) is 0 Å². The minimum Gasteiger partial charge on any atom is -0.348 e. The molecule has 0 amide bonds. The van der Waals surface area contributed by atoms with E-state index in [1.165, 1.54) is 19.3 Å². The number of nitrogens with two attached hydrogens (primary N) is 1. The molecule has 0 bridgehead atoms. The van der Waals surface area contributed by atoms with Crippen molar-refractivity contribution in [3.8, 4) is 0 Å². The standard InChI is InChI=1S/C12H23NO2/c1-2-3-4-10-9-12(6-5-11(10)13)14-7-8-15-12/h10-11H,2-9,13H2,1H3/t10-,11+/m1/s1. The molecule has 2 rings (SSSR count). The zero-order chi connectivity index (χ0) is 10.7. The number of rotatable bonds is 3. The summed E-state index contributed by atoms with van der Waals surface area (Å²) >= 11 is 0. The van der Waals surface area contributed by atoms with Crippen LogP contribution in [0.5, 0.6) is 0 Å². The Morgan fingerprint density at radius 2 is 2.07 bits per heavy atom. The molecule has 88 valence electrons. The van der Waals surface area contributed by atoms with Gasteiger partial charge in [0.1, 0.15) is 0 Å². The third-order valence-electron chi connectivity index (χ3n) is 3.78. The van der Waals surface area contributed by atoms with E-state index in [1.807, 2.05) is 0 Å². The summed E-state index contributed by atoms with van der Waals surface area (Å²) in [6.07, 6.45) is 6.79. The molecular formula is C12H23NO2. The zero-order valence-corrected chi connectivity index (χ0v) is 9.71. The van der Waals surface area contributed by atoms with Gasteiger partial charge in [-0.25, -0.2) is 0 Å². The van der Waals surface area contributed by atoms with Crippen LogP contribution in [0.15, 0.2) is 0 Å². The molecule has 0 aromatic rings. The minimum absolute atomic E-state index is 0.256. The average molecular weight is 213 g/mol. The highest BCUT2D eigenvalue weighted by molar-refractivity contribution is 4.89. The second kappa shape index (κ2) is 4.81. The highest BCUT2D eigenvalue weighted by Gasteiger charge is 2.43. The molecule has 2 aliphatic rings. The first-order chi connectivity index (χ1) is 7.26. The van der Waals surface area contributed by atoms with Crippen LogP contribution in [-0.4, -0.2) is 25.0 Å². The Morgan fingerprint density at radius 1 is 1.33 bits per heavy atom. The molecule has 3 nitrogen and oxygen atoms in total. The normalized spacial score (nSPS) is 34.8. The summed E-state index contributed by atoms with van der Waals surface area (Å²) in [5.41, 5.74) is 6.16. The van der Waals surface area contributed by atoms with Crippen LogP contribution >= 0.6 is 0 Å². The molecule has 0 aromatic carbocycles. The van der Waals surface area contributed by atoms with Crippen molar-refractivity contribution >= 4 is 0 Å². The van der Waals surface area contributed by atoms with Crippen LogP contribution < -0.4 is 5.73 Å².